The first kappa shape index (κ1) is 17.6. The number of aromatic nitrogens is 1. The lowest BCUT2D eigenvalue weighted by molar-refractivity contribution is -0.116. The minimum atomic E-state index is -0.0339. The lowest BCUT2D eigenvalue weighted by Crippen LogP contribution is -2.29. The van der Waals surface area contributed by atoms with E-state index in [2.05, 4.69) is 70.3 Å². The molecule has 0 bridgehead atoms. The van der Waals surface area contributed by atoms with Crippen LogP contribution in [-0.4, -0.2) is 10.8 Å². The van der Waals surface area contributed by atoms with Gasteiger partial charge < -0.3 is 5.32 Å². The van der Waals surface area contributed by atoms with E-state index in [9.17, 15) is 4.79 Å². The maximum atomic E-state index is 13.6. The number of nitrogens with one attached hydrogen (secondary N) is 1. The molecule has 0 spiro atoms. The van der Waals surface area contributed by atoms with Crippen molar-refractivity contribution in [3.63, 3.8) is 0 Å². The van der Waals surface area contributed by atoms with Gasteiger partial charge in [-0.3, -0.25) is 9.78 Å². The van der Waals surface area contributed by atoms with Gasteiger partial charge in [-0.05, 0) is 53.1 Å². The summed E-state index contributed by atoms with van der Waals surface area (Å²) in [5, 5.41) is 6.86. The van der Waals surface area contributed by atoms with Crippen LogP contribution in [0.25, 0.3) is 10.9 Å². The Labute approximate surface area is 179 Å². The van der Waals surface area contributed by atoms with Crippen LogP contribution in [-0.2, 0) is 4.79 Å². The number of carbonyl (C=O) groups excluding carboxylic acids is 1. The molecule has 4 aromatic rings. The molecule has 0 amide bonds. The zero-order valence-corrected chi connectivity index (χ0v) is 17.2. The minimum absolute atomic E-state index is 0.0339. The van der Waals surface area contributed by atoms with Gasteiger partial charge in [0.2, 0.25) is 0 Å². The first-order valence-electron chi connectivity index (χ1n) is 10.3. The van der Waals surface area contributed by atoms with E-state index in [1.54, 1.807) is 11.3 Å². The Morgan fingerprint density at radius 1 is 0.933 bits per heavy atom. The third-order valence-corrected chi connectivity index (χ3v) is 7.23. The van der Waals surface area contributed by atoms with E-state index in [-0.39, 0.29) is 17.6 Å². The Bertz CT molecular complexity index is 1290. The second-order valence-electron chi connectivity index (χ2n) is 8.00. The van der Waals surface area contributed by atoms with Gasteiger partial charge in [-0.1, -0.05) is 42.5 Å². The largest absolute Gasteiger partial charge is 0.358 e. The molecule has 2 aromatic carbocycles. The number of Topliss-reactive ketones (excluding diaryl/α,β-unsaturated/α-hetero) is 1. The Morgan fingerprint density at radius 3 is 2.67 bits per heavy atom. The lowest BCUT2D eigenvalue weighted by atomic mass is 9.73. The summed E-state index contributed by atoms with van der Waals surface area (Å²) in [6, 6.07) is 22.9. The molecule has 0 fully saturated rings. The number of rotatable bonds is 2. The highest BCUT2D eigenvalue weighted by Gasteiger charge is 2.39. The quantitative estimate of drug-likeness (QED) is 0.426. The molecule has 6 rings (SSSR count). The number of thiophene rings is 1. The second-order valence-corrected chi connectivity index (χ2v) is 8.98. The number of pyridine rings is 1. The average molecular weight is 409 g/mol. The molecule has 146 valence electrons. The van der Waals surface area contributed by atoms with Crippen LogP contribution in [0.3, 0.4) is 0 Å². The number of ketones is 1. The second kappa shape index (κ2) is 6.92. The van der Waals surface area contributed by atoms with Gasteiger partial charge in [-0.15, -0.1) is 11.3 Å². The fraction of sp³-hybridized carbons (Fsp3) is 0.154. The molecule has 2 aliphatic rings. The number of allylic oxidation sites excluding steroid dienone is 2. The Kier molecular flexibility index (Phi) is 4.06. The third-order valence-electron chi connectivity index (χ3n) is 6.30. The third kappa shape index (κ3) is 2.71. The maximum Gasteiger partial charge on any atom is 0.162 e. The molecule has 1 aliphatic carbocycles. The standard InChI is InChI=1S/C26H20N2OS/c29-22-15-17(16-6-2-1-3-7-16)14-21-25(22)26(23-9-5-13-30-23)24-18-8-4-12-27-19(18)10-11-20(24)28-21/h1-13,17,26,28H,14-15H2. The van der Waals surface area contributed by atoms with E-state index >= 15 is 0 Å². The van der Waals surface area contributed by atoms with E-state index in [1.165, 1.54) is 16.0 Å². The van der Waals surface area contributed by atoms with E-state index in [0.717, 1.165) is 34.3 Å². The predicted molar refractivity (Wildman–Crippen MR) is 122 cm³/mol. The highest BCUT2D eigenvalue weighted by molar-refractivity contribution is 7.10. The van der Waals surface area contributed by atoms with Crippen molar-refractivity contribution in [3.05, 3.63) is 106 Å². The monoisotopic (exact) mass is 408 g/mol. The van der Waals surface area contributed by atoms with Crippen molar-refractivity contribution < 1.29 is 4.79 Å². The number of fused-ring (bicyclic) bond motifs is 3. The fourth-order valence-electron chi connectivity index (χ4n) is 4.99. The van der Waals surface area contributed by atoms with Gasteiger partial charge in [0, 0.05) is 39.8 Å². The SMILES string of the molecule is O=C1CC(c2ccccc2)CC2=C1C(c1cccs1)c1c(ccc3ncccc13)N2. The van der Waals surface area contributed by atoms with Gasteiger partial charge in [0.1, 0.15) is 0 Å². The van der Waals surface area contributed by atoms with Gasteiger partial charge in [0.05, 0.1) is 11.4 Å². The van der Waals surface area contributed by atoms with Crippen molar-refractivity contribution in [2.75, 3.05) is 5.32 Å². The highest BCUT2D eigenvalue weighted by Crippen LogP contribution is 2.50. The maximum absolute atomic E-state index is 13.6. The van der Waals surface area contributed by atoms with Crippen LogP contribution in [0.2, 0.25) is 0 Å². The molecule has 2 aromatic heterocycles. The van der Waals surface area contributed by atoms with Crippen LogP contribution in [0.15, 0.2) is 89.6 Å². The normalized spacial score (nSPS) is 20.6. The smallest absolute Gasteiger partial charge is 0.162 e. The van der Waals surface area contributed by atoms with Gasteiger partial charge in [0.15, 0.2) is 5.78 Å². The zero-order valence-electron chi connectivity index (χ0n) is 16.3. The van der Waals surface area contributed by atoms with Crippen LogP contribution in [0.5, 0.6) is 0 Å². The van der Waals surface area contributed by atoms with Crippen molar-refractivity contribution in [1.82, 2.24) is 4.98 Å². The van der Waals surface area contributed by atoms with Crippen molar-refractivity contribution in [2.24, 2.45) is 0 Å². The molecule has 30 heavy (non-hydrogen) atoms. The number of hydrogen-bond acceptors (Lipinski definition) is 4. The van der Waals surface area contributed by atoms with E-state index in [4.69, 9.17) is 0 Å². The topological polar surface area (TPSA) is 42.0 Å². The number of anilines is 1. The average Bonchev–Trinajstić information content (AvgIpc) is 3.32. The van der Waals surface area contributed by atoms with Crippen molar-refractivity contribution in [2.45, 2.75) is 24.7 Å². The molecule has 0 saturated heterocycles. The summed E-state index contributed by atoms with van der Waals surface area (Å²) in [5.74, 6) is 0.438. The van der Waals surface area contributed by atoms with Crippen LogP contribution < -0.4 is 5.32 Å². The summed E-state index contributed by atoms with van der Waals surface area (Å²) >= 11 is 1.72. The Balaban J connectivity index is 1.55. The summed E-state index contributed by atoms with van der Waals surface area (Å²) in [4.78, 5) is 19.3. The Morgan fingerprint density at radius 2 is 1.83 bits per heavy atom. The Hall–Kier alpha value is -3.24. The zero-order chi connectivity index (χ0) is 20.1. The van der Waals surface area contributed by atoms with Crippen LogP contribution in [0, 0.1) is 0 Å². The molecule has 2 unspecified atom stereocenters. The van der Waals surface area contributed by atoms with E-state index < -0.39 is 0 Å². The number of benzene rings is 2. The highest BCUT2D eigenvalue weighted by atomic mass is 32.1. The molecule has 0 radical (unpaired) electrons. The molecule has 0 saturated carbocycles. The lowest BCUT2D eigenvalue weighted by Gasteiger charge is -2.36. The van der Waals surface area contributed by atoms with Crippen molar-refractivity contribution >= 4 is 33.7 Å². The first-order chi connectivity index (χ1) is 14.8. The summed E-state index contributed by atoms with van der Waals surface area (Å²) < 4.78 is 0. The van der Waals surface area contributed by atoms with Gasteiger partial charge in [-0.2, -0.15) is 0 Å². The molecule has 1 aliphatic heterocycles. The summed E-state index contributed by atoms with van der Waals surface area (Å²) in [7, 11) is 0. The summed E-state index contributed by atoms with van der Waals surface area (Å²) in [6.07, 6.45) is 3.24. The van der Waals surface area contributed by atoms with Crippen molar-refractivity contribution in [3.8, 4) is 0 Å². The first-order valence-corrected chi connectivity index (χ1v) is 11.2. The molecule has 3 heterocycles. The molecule has 1 N–H and O–H groups in total. The van der Waals surface area contributed by atoms with Crippen LogP contribution >= 0.6 is 11.3 Å². The van der Waals surface area contributed by atoms with Crippen LogP contribution in [0.4, 0.5) is 5.69 Å². The van der Waals surface area contributed by atoms with E-state index in [0.29, 0.717) is 6.42 Å². The van der Waals surface area contributed by atoms with Gasteiger partial charge in [0.25, 0.3) is 0 Å². The molecule has 2 atom stereocenters. The number of nitrogens with zero attached hydrogens (tertiary/aromatic N) is 1. The number of hydrogen-bond donors (Lipinski definition) is 1. The van der Waals surface area contributed by atoms with E-state index in [1.807, 2.05) is 18.3 Å². The fourth-order valence-corrected chi connectivity index (χ4v) is 5.83. The molecular weight excluding hydrogens is 388 g/mol. The minimum Gasteiger partial charge on any atom is -0.358 e. The number of carbonyl (C=O) groups is 1. The van der Waals surface area contributed by atoms with Gasteiger partial charge >= 0.3 is 0 Å². The summed E-state index contributed by atoms with van der Waals surface area (Å²) in [5.41, 5.74) is 6.49. The van der Waals surface area contributed by atoms with Crippen LogP contribution in [0.1, 0.15) is 40.7 Å². The van der Waals surface area contributed by atoms with Gasteiger partial charge in [-0.25, -0.2) is 0 Å². The van der Waals surface area contributed by atoms with Crippen molar-refractivity contribution in [1.29, 1.82) is 0 Å². The molecule has 3 nitrogen and oxygen atoms in total. The molecular formula is C26H20N2OS. The predicted octanol–water partition coefficient (Wildman–Crippen LogP) is 6.25. The summed E-state index contributed by atoms with van der Waals surface area (Å²) in [6.45, 7) is 0. The molecule has 4 heteroatoms.